The molecule has 0 aromatic rings. The van der Waals surface area contributed by atoms with Crippen LogP contribution in [0.4, 0.5) is 0 Å². The summed E-state index contributed by atoms with van der Waals surface area (Å²) in [6.45, 7) is 4.83. The summed E-state index contributed by atoms with van der Waals surface area (Å²) in [4.78, 5) is 38.4. The van der Waals surface area contributed by atoms with Crippen LogP contribution in [0.25, 0.3) is 0 Å². The van der Waals surface area contributed by atoms with Crippen molar-refractivity contribution >= 4 is 17.7 Å². The molecule has 0 radical (unpaired) electrons. The highest BCUT2D eigenvalue weighted by atomic mass is 16.5. The highest BCUT2D eigenvalue weighted by Crippen LogP contribution is 2.20. The molecular formula is C23H36N4O4. The smallest absolute Gasteiger partial charge is 0.240 e. The van der Waals surface area contributed by atoms with E-state index in [9.17, 15) is 14.4 Å². The van der Waals surface area contributed by atoms with E-state index in [1.807, 2.05) is 19.9 Å². The molecule has 3 amide bonds. The van der Waals surface area contributed by atoms with Gasteiger partial charge in [0.15, 0.2) is 0 Å². The predicted octanol–water partition coefficient (Wildman–Crippen LogP) is 1.40. The Morgan fingerprint density at radius 3 is 2.68 bits per heavy atom. The lowest BCUT2D eigenvalue weighted by molar-refractivity contribution is -0.136. The van der Waals surface area contributed by atoms with E-state index in [0.717, 1.165) is 37.0 Å². The third kappa shape index (κ3) is 8.57. The number of nitrogens with one attached hydrogen (secondary N) is 3. The Balaban J connectivity index is 2.17. The number of hydrogen-bond acceptors (Lipinski definition) is 5. The number of allylic oxidation sites excluding steroid dienone is 5. The van der Waals surface area contributed by atoms with Gasteiger partial charge in [-0.25, -0.2) is 0 Å². The summed E-state index contributed by atoms with van der Waals surface area (Å²) in [6, 6.07) is -0.394. The molecule has 2 aliphatic rings. The van der Waals surface area contributed by atoms with Crippen molar-refractivity contribution in [2.75, 3.05) is 33.2 Å². The Morgan fingerprint density at radius 1 is 1.13 bits per heavy atom. The number of likely N-dealkylation sites (N-methyl/N-ethyl adjacent to an activating group) is 1. The first-order chi connectivity index (χ1) is 14.9. The highest BCUT2D eigenvalue weighted by molar-refractivity contribution is 5.89. The lowest BCUT2D eigenvalue weighted by Crippen LogP contribution is -2.50. The fourth-order valence-corrected chi connectivity index (χ4v) is 3.51. The Kier molecular flexibility index (Phi) is 10.3. The molecule has 0 aromatic heterocycles. The fraction of sp³-hybridized carbons (Fsp3) is 0.609. The maximum absolute atomic E-state index is 12.9. The average Bonchev–Trinajstić information content (AvgIpc) is 2.96. The maximum Gasteiger partial charge on any atom is 0.240 e. The normalized spacial score (nSPS) is 25.0. The molecule has 0 saturated heterocycles. The SMILES string of the molecule is CCCC1NC[C@@H](C)OC2=C(C=CCC=C2)CCCNC(=O)CNC(=O)CN(C)C1=O. The quantitative estimate of drug-likeness (QED) is 0.613. The van der Waals surface area contributed by atoms with Crippen molar-refractivity contribution in [2.45, 2.75) is 58.1 Å². The van der Waals surface area contributed by atoms with Gasteiger partial charge in [-0.3, -0.25) is 14.4 Å². The van der Waals surface area contributed by atoms with Crippen molar-refractivity contribution in [3.05, 3.63) is 35.6 Å². The van der Waals surface area contributed by atoms with Gasteiger partial charge < -0.3 is 25.6 Å². The number of hydrogen-bond donors (Lipinski definition) is 3. The maximum atomic E-state index is 12.9. The molecule has 1 aliphatic carbocycles. The van der Waals surface area contributed by atoms with Crippen molar-refractivity contribution in [3.63, 3.8) is 0 Å². The Morgan fingerprint density at radius 2 is 1.90 bits per heavy atom. The Bertz CT molecular complexity index is 729. The Labute approximate surface area is 185 Å². The van der Waals surface area contributed by atoms with Gasteiger partial charge in [0.25, 0.3) is 0 Å². The monoisotopic (exact) mass is 432 g/mol. The van der Waals surface area contributed by atoms with E-state index in [0.29, 0.717) is 19.5 Å². The van der Waals surface area contributed by atoms with Crippen LogP contribution >= 0.6 is 0 Å². The first-order valence-electron chi connectivity index (χ1n) is 11.1. The molecule has 1 heterocycles. The van der Waals surface area contributed by atoms with Crippen molar-refractivity contribution in [1.82, 2.24) is 20.9 Å². The molecule has 0 aromatic carbocycles. The number of rotatable bonds is 2. The van der Waals surface area contributed by atoms with E-state index in [1.165, 1.54) is 4.90 Å². The first kappa shape index (κ1) is 24.7. The largest absolute Gasteiger partial charge is 0.489 e. The zero-order valence-electron chi connectivity index (χ0n) is 18.9. The molecule has 8 heteroatoms. The predicted molar refractivity (Wildman–Crippen MR) is 120 cm³/mol. The fourth-order valence-electron chi connectivity index (χ4n) is 3.51. The molecule has 1 unspecified atom stereocenters. The standard InChI is InChI=1S/C23H36N4O4/c1-4-9-19-23(30)27(3)16-22(29)26-15-21(28)24-13-8-11-18-10-6-5-7-12-20(18)31-17(2)14-25-19/h6-7,10,12,17,19,25H,4-5,8-9,11,13-16H2,1-3H3,(H,24,28)(H,26,29)/t17-,19?/m1/s1. The van der Waals surface area contributed by atoms with E-state index >= 15 is 0 Å². The van der Waals surface area contributed by atoms with Crippen LogP contribution in [-0.4, -0.2) is 68.0 Å². The van der Waals surface area contributed by atoms with Crippen LogP contribution in [0.5, 0.6) is 0 Å². The summed E-state index contributed by atoms with van der Waals surface area (Å²) in [5, 5.41) is 8.71. The van der Waals surface area contributed by atoms with Crippen LogP contribution < -0.4 is 16.0 Å². The van der Waals surface area contributed by atoms with Gasteiger partial charge in [-0.05, 0) is 44.3 Å². The molecule has 3 N–H and O–H groups in total. The highest BCUT2D eigenvalue weighted by Gasteiger charge is 2.23. The number of nitrogens with zero attached hydrogens (tertiary/aromatic N) is 1. The number of carbonyl (C=O) groups excluding carboxylic acids is 3. The minimum Gasteiger partial charge on any atom is -0.489 e. The van der Waals surface area contributed by atoms with Gasteiger partial charge in [0.05, 0.1) is 19.1 Å². The topological polar surface area (TPSA) is 99.8 Å². The summed E-state index contributed by atoms with van der Waals surface area (Å²) in [6.07, 6.45) is 12.0. The second-order valence-corrected chi connectivity index (χ2v) is 8.03. The number of ether oxygens (including phenoxy) is 1. The summed E-state index contributed by atoms with van der Waals surface area (Å²) < 4.78 is 6.21. The van der Waals surface area contributed by atoms with Gasteiger partial charge >= 0.3 is 0 Å². The zero-order valence-corrected chi connectivity index (χ0v) is 18.9. The van der Waals surface area contributed by atoms with Crippen LogP contribution in [-0.2, 0) is 19.1 Å². The van der Waals surface area contributed by atoms with Gasteiger partial charge in [0, 0.05) is 20.1 Å². The molecular weight excluding hydrogens is 396 g/mol. The molecule has 0 saturated carbocycles. The summed E-state index contributed by atoms with van der Waals surface area (Å²) >= 11 is 0. The lowest BCUT2D eigenvalue weighted by Gasteiger charge is -2.26. The van der Waals surface area contributed by atoms with Crippen molar-refractivity contribution in [3.8, 4) is 0 Å². The summed E-state index contributed by atoms with van der Waals surface area (Å²) in [5.74, 6) is 0.0822. The van der Waals surface area contributed by atoms with Crippen LogP contribution in [0.3, 0.4) is 0 Å². The van der Waals surface area contributed by atoms with Gasteiger partial charge in [-0.1, -0.05) is 31.6 Å². The van der Waals surface area contributed by atoms with Gasteiger partial charge in [0.2, 0.25) is 17.7 Å². The van der Waals surface area contributed by atoms with Crippen molar-refractivity contribution < 1.29 is 19.1 Å². The number of carbonyl (C=O) groups is 3. The minimum atomic E-state index is -0.394. The Hall–Kier alpha value is -2.61. The molecule has 0 fully saturated rings. The van der Waals surface area contributed by atoms with Crippen LogP contribution in [0.2, 0.25) is 0 Å². The van der Waals surface area contributed by atoms with Gasteiger partial charge in [-0.15, -0.1) is 0 Å². The molecule has 1 aliphatic heterocycles. The minimum absolute atomic E-state index is 0.0898. The second kappa shape index (κ2) is 12.9. The van der Waals surface area contributed by atoms with Crippen LogP contribution in [0.1, 0.15) is 46.0 Å². The van der Waals surface area contributed by atoms with E-state index < -0.39 is 6.04 Å². The third-order valence-corrected chi connectivity index (χ3v) is 5.18. The average molecular weight is 433 g/mol. The van der Waals surface area contributed by atoms with Crippen LogP contribution in [0, 0.1) is 0 Å². The second-order valence-electron chi connectivity index (χ2n) is 8.03. The summed E-state index contributed by atoms with van der Waals surface area (Å²) in [5.41, 5.74) is 1.09. The van der Waals surface area contributed by atoms with Gasteiger partial charge in [-0.2, -0.15) is 0 Å². The lowest BCUT2D eigenvalue weighted by atomic mass is 10.1. The molecule has 2 atom stereocenters. The van der Waals surface area contributed by atoms with E-state index in [2.05, 4.69) is 34.2 Å². The van der Waals surface area contributed by atoms with E-state index in [-0.39, 0.29) is 36.9 Å². The first-order valence-corrected chi connectivity index (χ1v) is 11.1. The molecule has 31 heavy (non-hydrogen) atoms. The molecule has 172 valence electrons. The van der Waals surface area contributed by atoms with E-state index in [1.54, 1.807) is 7.05 Å². The van der Waals surface area contributed by atoms with Crippen LogP contribution in [0.15, 0.2) is 35.6 Å². The van der Waals surface area contributed by atoms with Crippen molar-refractivity contribution in [2.24, 2.45) is 0 Å². The van der Waals surface area contributed by atoms with Crippen molar-refractivity contribution in [1.29, 1.82) is 0 Å². The zero-order chi connectivity index (χ0) is 22.6. The summed E-state index contributed by atoms with van der Waals surface area (Å²) in [7, 11) is 1.60. The van der Waals surface area contributed by atoms with E-state index in [4.69, 9.17) is 4.74 Å². The molecule has 2 rings (SSSR count). The molecule has 0 spiro atoms. The van der Waals surface area contributed by atoms with Gasteiger partial charge in [0.1, 0.15) is 11.9 Å². The third-order valence-electron chi connectivity index (χ3n) is 5.18. The molecule has 0 bridgehead atoms. The number of amides is 3. The molecule has 8 nitrogen and oxygen atoms in total.